The molecular weight excluding hydrogens is 200 g/mol. The summed E-state index contributed by atoms with van der Waals surface area (Å²) in [6.07, 6.45) is 1.27. The van der Waals surface area contributed by atoms with Crippen LogP contribution in [-0.4, -0.2) is 48.9 Å². The van der Waals surface area contributed by atoms with Crippen LogP contribution in [0.15, 0.2) is 0 Å². The predicted molar refractivity (Wildman–Crippen MR) is 47.3 cm³/mol. The quantitative estimate of drug-likeness (QED) is 0.558. The molecule has 0 amide bonds. The van der Waals surface area contributed by atoms with Crippen LogP contribution in [0.3, 0.4) is 0 Å². The smallest absolute Gasteiger partial charge is 0.148 e. The van der Waals surface area contributed by atoms with Crippen LogP contribution < -0.4 is 0 Å². The molecule has 6 heteroatoms. The molecule has 1 aliphatic rings. The van der Waals surface area contributed by atoms with Crippen molar-refractivity contribution in [2.75, 3.05) is 30.1 Å². The molecule has 1 aliphatic heterocycles. The van der Waals surface area contributed by atoms with E-state index in [2.05, 4.69) is 0 Å². The molecule has 1 rings (SSSR count). The van der Waals surface area contributed by atoms with Gasteiger partial charge in [-0.25, -0.2) is 8.42 Å². The maximum absolute atomic E-state index is 11.1. The van der Waals surface area contributed by atoms with Crippen LogP contribution in [0.25, 0.3) is 0 Å². The Kier molecular flexibility index (Phi) is 3.25. The second-order valence-corrected chi connectivity index (χ2v) is 6.78. The number of hydrogen-bond donors (Lipinski definition) is 0. The van der Waals surface area contributed by atoms with E-state index in [4.69, 9.17) is 4.74 Å². The van der Waals surface area contributed by atoms with Gasteiger partial charge in [0.05, 0.1) is 24.2 Å². The minimum atomic E-state index is -2.97. The van der Waals surface area contributed by atoms with E-state index in [1.54, 1.807) is 0 Å². The van der Waals surface area contributed by atoms with E-state index in [9.17, 15) is 12.6 Å². The van der Waals surface area contributed by atoms with E-state index in [0.29, 0.717) is 12.4 Å². The summed E-state index contributed by atoms with van der Waals surface area (Å²) in [5, 5.41) is 0. The van der Waals surface area contributed by atoms with Crippen LogP contribution in [-0.2, 0) is 25.4 Å². The van der Waals surface area contributed by atoms with E-state index in [-0.39, 0.29) is 17.6 Å². The molecule has 72 valence electrons. The van der Waals surface area contributed by atoms with Crippen molar-refractivity contribution in [3.63, 3.8) is 0 Å². The minimum absolute atomic E-state index is 0.00628. The summed E-state index contributed by atoms with van der Waals surface area (Å²) < 4.78 is 37.3. The third kappa shape index (κ3) is 4.84. The molecule has 2 unspecified atom stereocenters. The SMILES string of the molecule is CS(=O)(=O)CCS(=O)CC1CO1. The lowest BCUT2D eigenvalue weighted by Gasteiger charge is -1.97. The van der Waals surface area contributed by atoms with Crippen LogP contribution in [0.2, 0.25) is 0 Å². The predicted octanol–water partition coefficient (Wildman–Crippen LogP) is -0.821. The van der Waals surface area contributed by atoms with Gasteiger partial charge in [-0.1, -0.05) is 0 Å². The number of rotatable bonds is 5. The Morgan fingerprint density at radius 3 is 2.58 bits per heavy atom. The normalized spacial score (nSPS) is 25.2. The van der Waals surface area contributed by atoms with E-state index in [1.165, 1.54) is 0 Å². The Bertz CT molecular complexity index is 265. The van der Waals surface area contributed by atoms with Crippen LogP contribution in [0.4, 0.5) is 0 Å². The molecule has 0 aromatic heterocycles. The van der Waals surface area contributed by atoms with E-state index >= 15 is 0 Å². The Hall–Kier alpha value is 0.0600. The fraction of sp³-hybridized carbons (Fsp3) is 1.00. The molecule has 2 atom stereocenters. The Morgan fingerprint density at radius 2 is 2.17 bits per heavy atom. The van der Waals surface area contributed by atoms with Crippen molar-refractivity contribution >= 4 is 20.6 Å². The Morgan fingerprint density at radius 1 is 1.58 bits per heavy atom. The summed E-state index contributed by atoms with van der Waals surface area (Å²) in [6.45, 7) is 0.671. The average molecular weight is 212 g/mol. The highest BCUT2D eigenvalue weighted by Gasteiger charge is 2.25. The first-order valence-electron chi connectivity index (χ1n) is 3.62. The van der Waals surface area contributed by atoms with Gasteiger partial charge in [-0.2, -0.15) is 0 Å². The molecule has 0 radical (unpaired) electrons. The molecule has 0 N–H and O–H groups in total. The van der Waals surface area contributed by atoms with Crippen molar-refractivity contribution in [3.05, 3.63) is 0 Å². The third-order valence-corrected chi connectivity index (χ3v) is 4.06. The lowest BCUT2D eigenvalue weighted by Crippen LogP contribution is -2.15. The summed E-state index contributed by atoms with van der Waals surface area (Å²) in [5.74, 6) is 0.723. The standard InChI is InChI=1S/C6H12O4S2/c1-12(8,9)3-2-11(7)5-6-4-10-6/h6H,2-5H2,1H3. The first-order valence-corrected chi connectivity index (χ1v) is 7.16. The largest absolute Gasteiger partial charge is 0.372 e. The molecule has 0 aromatic carbocycles. The zero-order valence-corrected chi connectivity index (χ0v) is 8.49. The van der Waals surface area contributed by atoms with Crippen molar-refractivity contribution < 1.29 is 17.4 Å². The number of epoxide rings is 1. The van der Waals surface area contributed by atoms with Crippen LogP contribution >= 0.6 is 0 Å². The molecule has 4 nitrogen and oxygen atoms in total. The van der Waals surface area contributed by atoms with Crippen molar-refractivity contribution in [3.8, 4) is 0 Å². The maximum atomic E-state index is 11.1. The van der Waals surface area contributed by atoms with Gasteiger partial charge < -0.3 is 4.74 Å². The van der Waals surface area contributed by atoms with Gasteiger partial charge in [0.1, 0.15) is 9.84 Å². The van der Waals surface area contributed by atoms with Gasteiger partial charge in [0, 0.05) is 22.8 Å². The van der Waals surface area contributed by atoms with Crippen molar-refractivity contribution in [2.45, 2.75) is 6.10 Å². The molecule has 0 bridgehead atoms. The summed E-state index contributed by atoms with van der Waals surface area (Å²) in [7, 11) is -4.01. The lowest BCUT2D eigenvalue weighted by atomic mass is 10.6. The maximum Gasteiger partial charge on any atom is 0.148 e. The van der Waals surface area contributed by atoms with Gasteiger partial charge in [-0.15, -0.1) is 0 Å². The highest BCUT2D eigenvalue weighted by Crippen LogP contribution is 2.09. The van der Waals surface area contributed by atoms with Gasteiger partial charge in [0.25, 0.3) is 0 Å². The number of sulfone groups is 1. The van der Waals surface area contributed by atoms with Gasteiger partial charge >= 0.3 is 0 Å². The van der Waals surface area contributed by atoms with Gasteiger partial charge in [-0.3, -0.25) is 4.21 Å². The van der Waals surface area contributed by atoms with Crippen LogP contribution in [0.5, 0.6) is 0 Å². The van der Waals surface area contributed by atoms with Gasteiger partial charge in [0.15, 0.2) is 0 Å². The van der Waals surface area contributed by atoms with Crippen LogP contribution in [0.1, 0.15) is 0 Å². The minimum Gasteiger partial charge on any atom is -0.372 e. The molecule has 0 spiro atoms. The zero-order valence-electron chi connectivity index (χ0n) is 6.86. The number of ether oxygens (including phenoxy) is 1. The summed E-state index contributed by atoms with van der Waals surface area (Å²) >= 11 is 0. The van der Waals surface area contributed by atoms with E-state index in [0.717, 1.165) is 6.26 Å². The molecule has 1 heterocycles. The Balaban J connectivity index is 2.17. The summed E-state index contributed by atoms with van der Waals surface area (Å²) in [5.41, 5.74) is 0. The lowest BCUT2D eigenvalue weighted by molar-refractivity contribution is 0.425. The molecule has 12 heavy (non-hydrogen) atoms. The van der Waals surface area contributed by atoms with Crippen molar-refractivity contribution in [2.24, 2.45) is 0 Å². The summed E-state index contributed by atoms with van der Waals surface area (Å²) in [6, 6.07) is 0. The third-order valence-electron chi connectivity index (χ3n) is 1.46. The van der Waals surface area contributed by atoms with Crippen molar-refractivity contribution in [1.29, 1.82) is 0 Å². The van der Waals surface area contributed by atoms with Gasteiger partial charge in [0.2, 0.25) is 0 Å². The monoisotopic (exact) mass is 212 g/mol. The number of hydrogen-bond acceptors (Lipinski definition) is 4. The fourth-order valence-corrected chi connectivity index (χ4v) is 3.43. The zero-order chi connectivity index (χ0) is 9.19. The van der Waals surface area contributed by atoms with E-state index in [1.807, 2.05) is 0 Å². The fourth-order valence-electron chi connectivity index (χ4n) is 0.699. The van der Waals surface area contributed by atoms with Crippen LogP contribution in [0, 0.1) is 0 Å². The molecule has 1 saturated heterocycles. The second-order valence-electron chi connectivity index (χ2n) is 2.90. The summed E-state index contributed by atoms with van der Waals surface area (Å²) in [4.78, 5) is 0. The highest BCUT2D eigenvalue weighted by molar-refractivity contribution is 7.92. The second kappa shape index (κ2) is 3.85. The van der Waals surface area contributed by atoms with Crippen molar-refractivity contribution in [1.82, 2.24) is 0 Å². The molecular formula is C6H12O4S2. The molecule has 0 saturated carbocycles. The highest BCUT2D eigenvalue weighted by atomic mass is 32.2. The van der Waals surface area contributed by atoms with E-state index < -0.39 is 20.6 Å². The topological polar surface area (TPSA) is 63.7 Å². The first-order chi connectivity index (χ1) is 5.47. The average Bonchev–Trinajstić information content (AvgIpc) is 2.66. The van der Waals surface area contributed by atoms with Gasteiger partial charge in [-0.05, 0) is 0 Å². The Labute approximate surface area is 74.7 Å². The molecule has 0 aromatic rings. The first kappa shape index (κ1) is 10.1. The molecule has 1 fully saturated rings. The molecule has 0 aliphatic carbocycles.